The van der Waals surface area contributed by atoms with Gasteiger partial charge in [0.25, 0.3) is 0 Å². The zero-order valence-corrected chi connectivity index (χ0v) is 22.6. The number of benzene rings is 1. The molecular formula is C29H43NO5. The normalized spacial score (nSPS) is 29.7. The minimum absolute atomic E-state index is 0.0369. The summed E-state index contributed by atoms with van der Waals surface area (Å²) in [6, 6.07) is 6.15. The predicted molar refractivity (Wildman–Crippen MR) is 137 cm³/mol. The van der Waals surface area contributed by atoms with E-state index in [-0.39, 0.29) is 30.1 Å². The van der Waals surface area contributed by atoms with Crippen LogP contribution in [0.3, 0.4) is 0 Å². The van der Waals surface area contributed by atoms with Crippen LogP contribution >= 0.6 is 0 Å². The Morgan fingerprint density at radius 3 is 2.74 bits per heavy atom. The van der Waals surface area contributed by atoms with Crippen LogP contribution in [0.15, 0.2) is 29.8 Å². The summed E-state index contributed by atoms with van der Waals surface area (Å²) in [5.74, 6) is 2.08. The van der Waals surface area contributed by atoms with Crippen molar-refractivity contribution in [2.24, 2.45) is 11.8 Å². The molecule has 3 aliphatic heterocycles. The fourth-order valence-corrected chi connectivity index (χ4v) is 5.83. The van der Waals surface area contributed by atoms with Crippen LogP contribution in [-0.2, 0) is 9.47 Å². The highest BCUT2D eigenvalue weighted by atomic mass is 16.6. The second-order valence-corrected chi connectivity index (χ2v) is 11.8. The average Bonchev–Trinajstić information content (AvgIpc) is 2.77. The molecular weight excluding hydrogens is 442 g/mol. The summed E-state index contributed by atoms with van der Waals surface area (Å²) < 4.78 is 25.3. The van der Waals surface area contributed by atoms with E-state index < -0.39 is 11.2 Å². The van der Waals surface area contributed by atoms with E-state index in [9.17, 15) is 4.79 Å². The topological polar surface area (TPSA) is 57.2 Å². The molecule has 0 radical (unpaired) electrons. The van der Waals surface area contributed by atoms with E-state index in [2.05, 4.69) is 32.9 Å². The summed E-state index contributed by atoms with van der Waals surface area (Å²) in [6.07, 6.45) is 5.77. The van der Waals surface area contributed by atoms with Gasteiger partial charge in [-0.25, -0.2) is 4.79 Å². The van der Waals surface area contributed by atoms with Crippen LogP contribution in [0.1, 0.15) is 85.8 Å². The van der Waals surface area contributed by atoms with Crippen LogP contribution < -0.4 is 9.47 Å². The molecule has 0 unspecified atom stereocenters. The number of allylic oxidation sites excluding steroid dienone is 2. The Morgan fingerprint density at radius 2 is 2.06 bits per heavy atom. The molecule has 6 nitrogen and oxygen atoms in total. The van der Waals surface area contributed by atoms with Gasteiger partial charge in [-0.05, 0) is 80.2 Å². The lowest BCUT2D eigenvalue weighted by atomic mass is 9.68. The maximum absolute atomic E-state index is 12.8. The molecule has 0 saturated carbocycles. The summed E-state index contributed by atoms with van der Waals surface area (Å²) in [6.45, 7) is 16.2. The SMILES string of the molecule is CCOc1cccc2c1O[C@](C)(CCC=C(C)C)[C@H]1C[C@H]3CN(C(=O)OC(C)(C)C)CC[C@@H]3O[C@H]21. The maximum Gasteiger partial charge on any atom is 0.410 e. The number of amides is 1. The van der Waals surface area contributed by atoms with Crippen molar-refractivity contribution in [3.05, 3.63) is 35.4 Å². The van der Waals surface area contributed by atoms with E-state index in [0.717, 1.165) is 42.7 Å². The van der Waals surface area contributed by atoms with Crippen LogP contribution in [0.2, 0.25) is 0 Å². The number of carbonyl (C=O) groups excluding carboxylic acids is 1. The van der Waals surface area contributed by atoms with E-state index in [4.69, 9.17) is 18.9 Å². The van der Waals surface area contributed by atoms with Gasteiger partial charge >= 0.3 is 6.09 Å². The Bertz CT molecular complexity index is 947. The van der Waals surface area contributed by atoms with E-state index in [1.807, 2.05) is 44.7 Å². The Labute approximate surface area is 210 Å². The van der Waals surface area contributed by atoms with Gasteiger partial charge in [0.05, 0.1) is 18.8 Å². The molecule has 3 heterocycles. The standard InChI is InChI=1S/C29H43NO5/c1-8-32-24-13-9-12-21-25-22(29(7,34-26(21)24)15-10-11-19(2)3)17-20-18-30(16-14-23(20)33-25)27(31)35-28(4,5)6/h9,11-13,20,22-23,25H,8,10,14-18H2,1-7H3/t20-,22-,23-,25+,29+/m0/s1. The molecule has 1 aromatic rings. The lowest BCUT2D eigenvalue weighted by Crippen LogP contribution is -2.57. The summed E-state index contributed by atoms with van der Waals surface area (Å²) in [4.78, 5) is 14.6. The monoisotopic (exact) mass is 485 g/mol. The quantitative estimate of drug-likeness (QED) is 0.435. The number of para-hydroxylation sites is 1. The van der Waals surface area contributed by atoms with Gasteiger partial charge in [0.2, 0.25) is 0 Å². The largest absolute Gasteiger partial charge is 0.490 e. The molecule has 0 aromatic heterocycles. The van der Waals surface area contributed by atoms with Crippen molar-refractivity contribution in [2.45, 2.75) is 97.6 Å². The third-order valence-electron chi connectivity index (χ3n) is 7.49. The highest BCUT2D eigenvalue weighted by Gasteiger charge is 2.53. The lowest BCUT2D eigenvalue weighted by Gasteiger charge is -2.54. The Morgan fingerprint density at radius 1 is 1.29 bits per heavy atom. The molecule has 2 fully saturated rings. The van der Waals surface area contributed by atoms with Gasteiger partial charge in [-0.15, -0.1) is 0 Å². The lowest BCUT2D eigenvalue weighted by molar-refractivity contribution is -0.191. The van der Waals surface area contributed by atoms with Crippen LogP contribution in [0.5, 0.6) is 11.5 Å². The van der Waals surface area contributed by atoms with Gasteiger partial charge in [-0.3, -0.25) is 0 Å². The van der Waals surface area contributed by atoms with E-state index in [0.29, 0.717) is 19.7 Å². The van der Waals surface area contributed by atoms with Crippen molar-refractivity contribution in [2.75, 3.05) is 19.7 Å². The van der Waals surface area contributed by atoms with Gasteiger partial charge in [0.1, 0.15) is 11.2 Å². The van der Waals surface area contributed by atoms with Crippen LogP contribution in [0, 0.1) is 11.8 Å². The maximum atomic E-state index is 12.8. The Hall–Kier alpha value is -2.21. The summed E-state index contributed by atoms with van der Waals surface area (Å²) in [5, 5.41) is 0. The fraction of sp³-hybridized carbons (Fsp3) is 0.690. The van der Waals surface area contributed by atoms with Crippen LogP contribution in [-0.4, -0.2) is 48.0 Å². The van der Waals surface area contributed by atoms with Crippen molar-refractivity contribution in [3.8, 4) is 11.5 Å². The first kappa shape index (κ1) is 25.9. The van der Waals surface area contributed by atoms with Crippen molar-refractivity contribution in [1.82, 2.24) is 4.90 Å². The first-order valence-corrected chi connectivity index (χ1v) is 13.2. The predicted octanol–water partition coefficient (Wildman–Crippen LogP) is 6.69. The third-order valence-corrected chi connectivity index (χ3v) is 7.49. The molecule has 1 amide bonds. The molecule has 5 atom stereocenters. The Kier molecular flexibility index (Phi) is 7.42. The van der Waals surface area contributed by atoms with Crippen molar-refractivity contribution in [3.63, 3.8) is 0 Å². The van der Waals surface area contributed by atoms with Crippen molar-refractivity contribution < 1.29 is 23.7 Å². The number of likely N-dealkylation sites (tertiary alicyclic amines) is 1. The van der Waals surface area contributed by atoms with Gasteiger partial charge in [0.15, 0.2) is 11.5 Å². The van der Waals surface area contributed by atoms with Gasteiger partial charge in [0, 0.05) is 30.5 Å². The zero-order valence-electron chi connectivity index (χ0n) is 22.6. The number of nitrogens with zero attached hydrogens (tertiary/aromatic N) is 1. The number of piperidine rings is 1. The first-order chi connectivity index (χ1) is 16.5. The summed E-state index contributed by atoms with van der Waals surface area (Å²) >= 11 is 0. The molecule has 0 N–H and O–H groups in total. The number of ether oxygens (including phenoxy) is 4. The fourth-order valence-electron chi connectivity index (χ4n) is 5.83. The van der Waals surface area contributed by atoms with E-state index >= 15 is 0 Å². The molecule has 194 valence electrons. The molecule has 4 rings (SSSR count). The van der Waals surface area contributed by atoms with Crippen molar-refractivity contribution >= 4 is 6.09 Å². The summed E-state index contributed by atoms with van der Waals surface area (Å²) in [5.41, 5.74) is 1.52. The highest BCUT2D eigenvalue weighted by molar-refractivity contribution is 5.68. The summed E-state index contributed by atoms with van der Waals surface area (Å²) in [7, 11) is 0. The van der Waals surface area contributed by atoms with Gasteiger partial charge in [-0.1, -0.05) is 23.8 Å². The molecule has 1 aromatic carbocycles. The molecule has 2 saturated heterocycles. The van der Waals surface area contributed by atoms with Gasteiger partial charge in [-0.2, -0.15) is 0 Å². The van der Waals surface area contributed by atoms with Gasteiger partial charge < -0.3 is 23.8 Å². The van der Waals surface area contributed by atoms with E-state index in [1.165, 1.54) is 5.57 Å². The number of hydrogen-bond donors (Lipinski definition) is 0. The molecule has 0 bridgehead atoms. The molecule has 6 heteroatoms. The average molecular weight is 486 g/mol. The number of carbonyl (C=O) groups is 1. The van der Waals surface area contributed by atoms with Crippen LogP contribution in [0.4, 0.5) is 4.79 Å². The molecule has 0 aliphatic carbocycles. The minimum atomic E-state index is -0.495. The molecule has 35 heavy (non-hydrogen) atoms. The number of rotatable bonds is 5. The minimum Gasteiger partial charge on any atom is -0.490 e. The molecule has 0 spiro atoms. The molecule has 3 aliphatic rings. The third kappa shape index (κ3) is 5.63. The number of hydrogen-bond acceptors (Lipinski definition) is 5. The van der Waals surface area contributed by atoms with Crippen LogP contribution in [0.25, 0.3) is 0 Å². The van der Waals surface area contributed by atoms with Crippen molar-refractivity contribution in [1.29, 1.82) is 0 Å². The second kappa shape index (κ2) is 10.0. The Balaban J connectivity index is 1.61. The number of fused-ring (bicyclic) bond motifs is 4. The van der Waals surface area contributed by atoms with E-state index in [1.54, 1.807) is 0 Å². The first-order valence-electron chi connectivity index (χ1n) is 13.2. The highest BCUT2D eigenvalue weighted by Crippen LogP contribution is 2.56. The second-order valence-electron chi connectivity index (χ2n) is 11.8. The smallest absolute Gasteiger partial charge is 0.410 e. The zero-order chi connectivity index (χ0) is 25.4.